The lowest BCUT2D eigenvalue weighted by Gasteiger charge is -2.18. The number of carbonyl (C=O) groups is 2. The molecule has 0 spiro atoms. The highest BCUT2D eigenvalue weighted by atomic mass is 32.1. The van der Waals surface area contributed by atoms with Crippen LogP contribution in [0.2, 0.25) is 0 Å². The maximum absolute atomic E-state index is 12.6. The van der Waals surface area contributed by atoms with E-state index in [1.165, 1.54) is 23.5 Å². The van der Waals surface area contributed by atoms with Gasteiger partial charge in [-0.1, -0.05) is 48.5 Å². The number of rotatable bonds is 15. The number of aromatic amines is 1. The number of aromatic nitrogens is 2. The van der Waals surface area contributed by atoms with Crippen molar-refractivity contribution in [3.8, 4) is 11.5 Å². The number of carboxylic acid groups (broad SMARTS) is 1. The van der Waals surface area contributed by atoms with Crippen LogP contribution in [0.5, 0.6) is 11.5 Å². The zero-order valence-electron chi connectivity index (χ0n) is 25.3. The Morgan fingerprint density at radius 2 is 1.74 bits per heavy atom. The average molecular weight is 658 g/mol. The highest BCUT2D eigenvalue weighted by Crippen LogP contribution is 2.29. The number of carbonyl (C=O) groups excluding carboxylic acids is 1. The molecule has 2 heterocycles. The van der Waals surface area contributed by atoms with Crippen molar-refractivity contribution in [1.82, 2.24) is 25.9 Å². The predicted molar refractivity (Wildman–Crippen MR) is 178 cm³/mol. The number of nitrogens with one attached hydrogen (secondary N) is 4. The number of thiazole rings is 1. The third kappa shape index (κ3) is 8.94. The van der Waals surface area contributed by atoms with Crippen molar-refractivity contribution >= 4 is 34.2 Å². The van der Waals surface area contributed by atoms with Gasteiger partial charge in [-0.2, -0.15) is 0 Å². The molecule has 0 fully saturated rings. The van der Waals surface area contributed by atoms with Crippen LogP contribution in [0, 0.1) is 0 Å². The summed E-state index contributed by atoms with van der Waals surface area (Å²) in [6, 6.07) is 21.9. The molecule has 5 rings (SSSR count). The van der Waals surface area contributed by atoms with E-state index in [1.807, 2.05) is 36.4 Å². The number of aromatic hydroxyl groups is 1. The molecule has 2 aromatic heterocycles. The topological polar surface area (TPSA) is 186 Å². The van der Waals surface area contributed by atoms with Crippen LogP contribution in [0.25, 0.3) is 10.9 Å². The first-order valence-corrected chi connectivity index (χ1v) is 15.9. The molecule has 2 amide bonds. The summed E-state index contributed by atoms with van der Waals surface area (Å²) in [5.41, 5.74) is 2.39. The zero-order chi connectivity index (χ0) is 33.2. The number of hydrogen-bond acceptors (Lipinski definition) is 9. The van der Waals surface area contributed by atoms with Crippen molar-refractivity contribution in [2.45, 2.75) is 31.6 Å². The number of aliphatic hydroxyl groups is 1. The van der Waals surface area contributed by atoms with Crippen molar-refractivity contribution in [3.63, 3.8) is 0 Å². The van der Waals surface area contributed by atoms with Gasteiger partial charge in [0.1, 0.15) is 28.8 Å². The van der Waals surface area contributed by atoms with E-state index in [9.17, 15) is 29.7 Å². The van der Waals surface area contributed by atoms with Gasteiger partial charge in [0.05, 0.1) is 17.7 Å². The van der Waals surface area contributed by atoms with Crippen molar-refractivity contribution in [1.29, 1.82) is 0 Å². The summed E-state index contributed by atoms with van der Waals surface area (Å²) >= 11 is 1.31. The van der Waals surface area contributed by atoms with E-state index in [0.717, 1.165) is 24.0 Å². The van der Waals surface area contributed by atoms with Crippen LogP contribution in [0.1, 0.15) is 57.2 Å². The van der Waals surface area contributed by atoms with Crippen LogP contribution in [-0.2, 0) is 6.61 Å². The summed E-state index contributed by atoms with van der Waals surface area (Å²) in [6.07, 6.45) is -0.489. The van der Waals surface area contributed by atoms with E-state index < -0.39 is 18.2 Å². The molecule has 244 valence electrons. The second-order valence-corrected chi connectivity index (χ2v) is 11.7. The molecule has 1 unspecified atom stereocenters. The normalized spacial score (nSPS) is 12.4. The standard InChI is InChI=1S/C34H35N5O7S/c40-27-13-11-24(25-12-14-29(42)38-32(25)27)28(41)18-35-15-4-5-16-36-33(43)26-20-47-30(37-26)19-46-23-10-6-9-22(17-23)31(39-34(44)45)21-7-2-1-3-8-21/h1-3,6-14,17,20,28,31,35,39-41H,4-5,15-16,18-19H2,(H,36,43)(H,38,42)(H,44,45)/t28?,31-/m0/s1. The Balaban J connectivity index is 1.03. The Hall–Kier alpha value is -5.24. The lowest BCUT2D eigenvalue weighted by atomic mass is 9.99. The number of amides is 2. The van der Waals surface area contributed by atoms with Gasteiger partial charge in [0, 0.05) is 29.9 Å². The van der Waals surface area contributed by atoms with Crippen LogP contribution in [0.15, 0.2) is 89.0 Å². The number of aliphatic hydroxyl groups excluding tert-OH is 1. The van der Waals surface area contributed by atoms with Crippen molar-refractivity contribution in [2.75, 3.05) is 19.6 Å². The highest BCUT2D eigenvalue weighted by Gasteiger charge is 2.18. The molecular formula is C34H35N5O7S. The molecular weight excluding hydrogens is 622 g/mol. The zero-order valence-corrected chi connectivity index (χ0v) is 26.1. The number of H-pyrrole nitrogens is 1. The Bertz CT molecular complexity index is 1880. The molecule has 0 radical (unpaired) electrons. The molecule has 7 N–H and O–H groups in total. The molecule has 2 atom stereocenters. The monoisotopic (exact) mass is 657 g/mol. The number of benzene rings is 3. The molecule has 47 heavy (non-hydrogen) atoms. The van der Waals surface area contributed by atoms with Gasteiger partial charge < -0.3 is 41.0 Å². The third-order valence-corrected chi connectivity index (χ3v) is 8.23. The molecule has 0 aliphatic carbocycles. The number of pyridine rings is 1. The largest absolute Gasteiger partial charge is 0.506 e. The summed E-state index contributed by atoms with van der Waals surface area (Å²) in [5.74, 6) is 0.213. The minimum absolute atomic E-state index is 0.0572. The van der Waals surface area contributed by atoms with E-state index in [-0.39, 0.29) is 30.4 Å². The Morgan fingerprint density at radius 1 is 0.957 bits per heavy atom. The minimum atomic E-state index is -1.13. The quantitative estimate of drug-likeness (QED) is 0.0799. The number of hydrogen-bond donors (Lipinski definition) is 7. The summed E-state index contributed by atoms with van der Waals surface area (Å²) in [4.78, 5) is 42.7. The Labute approximate surface area is 274 Å². The fourth-order valence-electron chi connectivity index (χ4n) is 5.10. The van der Waals surface area contributed by atoms with Crippen LogP contribution < -0.4 is 26.2 Å². The van der Waals surface area contributed by atoms with Crippen molar-refractivity contribution in [3.05, 3.63) is 122 Å². The van der Waals surface area contributed by atoms with Gasteiger partial charge in [-0.3, -0.25) is 9.59 Å². The molecule has 0 saturated carbocycles. The highest BCUT2D eigenvalue weighted by molar-refractivity contribution is 7.09. The van der Waals surface area contributed by atoms with Crippen molar-refractivity contribution < 1.29 is 29.6 Å². The molecule has 0 saturated heterocycles. The molecule has 0 bridgehead atoms. The summed E-state index contributed by atoms with van der Waals surface area (Å²) < 4.78 is 5.92. The van der Waals surface area contributed by atoms with Gasteiger partial charge in [0.15, 0.2) is 0 Å². The van der Waals surface area contributed by atoms with Gasteiger partial charge in [-0.15, -0.1) is 11.3 Å². The first-order valence-electron chi connectivity index (χ1n) is 15.0. The fraction of sp³-hybridized carbons (Fsp3) is 0.235. The molecule has 13 heteroatoms. The van der Waals surface area contributed by atoms with Gasteiger partial charge in [0.2, 0.25) is 5.56 Å². The van der Waals surface area contributed by atoms with Gasteiger partial charge >= 0.3 is 6.09 Å². The lowest BCUT2D eigenvalue weighted by molar-refractivity contribution is 0.0948. The summed E-state index contributed by atoms with van der Waals surface area (Å²) in [7, 11) is 0. The lowest BCUT2D eigenvalue weighted by Crippen LogP contribution is -2.27. The van der Waals surface area contributed by atoms with Crippen LogP contribution in [0.3, 0.4) is 0 Å². The first kappa shape index (κ1) is 33.1. The smallest absolute Gasteiger partial charge is 0.405 e. The SMILES string of the molecule is O=C(O)N[C@@H](c1ccccc1)c1cccc(OCc2nc(C(=O)NCCCCNCC(O)c3ccc(O)c4[nH]c(=O)ccc34)cs2)c1. The Morgan fingerprint density at radius 3 is 2.55 bits per heavy atom. The first-order chi connectivity index (χ1) is 22.8. The maximum Gasteiger partial charge on any atom is 0.405 e. The van der Waals surface area contributed by atoms with Crippen molar-refractivity contribution in [2.24, 2.45) is 0 Å². The van der Waals surface area contributed by atoms with Crippen LogP contribution in [0.4, 0.5) is 4.79 Å². The van der Waals surface area contributed by atoms with Crippen LogP contribution >= 0.6 is 11.3 Å². The van der Waals surface area contributed by atoms with E-state index in [4.69, 9.17) is 4.74 Å². The summed E-state index contributed by atoms with van der Waals surface area (Å²) in [6.45, 7) is 1.52. The number of nitrogens with zero attached hydrogens (tertiary/aromatic N) is 1. The second-order valence-electron chi connectivity index (χ2n) is 10.7. The molecule has 3 aromatic carbocycles. The fourth-order valence-corrected chi connectivity index (χ4v) is 5.79. The molecule has 0 aliphatic heterocycles. The number of ether oxygens (including phenoxy) is 1. The summed E-state index contributed by atoms with van der Waals surface area (Å²) in [5, 5.41) is 41.6. The molecule has 5 aromatic rings. The predicted octanol–water partition coefficient (Wildman–Crippen LogP) is 4.46. The van der Waals surface area contributed by atoms with E-state index in [1.54, 1.807) is 35.7 Å². The van der Waals surface area contributed by atoms with E-state index in [2.05, 4.69) is 25.9 Å². The number of phenols is 1. The van der Waals surface area contributed by atoms with Gasteiger partial charge in [-0.05, 0) is 60.3 Å². The minimum Gasteiger partial charge on any atom is -0.506 e. The number of unbranched alkanes of at least 4 members (excludes halogenated alkanes) is 1. The van der Waals surface area contributed by atoms with E-state index >= 15 is 0 Å². The maximum atomic E-state index is 12.6. The van der Waals surface area contributed by atoms with Crippen LogP contribution in [-0.4, -0.2) is 56.9 Å². The number of fused-ring (bicyclic) bond motifs is 1. The van der Waals surface area contributed by atoms with E-state index in [0.29, 0.717) is 46.0 Å². The molecule has 0 aliphatic rings. The molecule has 12 nitrogen and oxygen atoms in total. The number of phenolic OH excluding ortho intramolecular Hbond substituents is 1. The van der Waals surface area contributed by atoms with Gasteiger partial charge in [-0.25, -0.2) is 9.78 Å². The van der Waals surface area contributed by atoms with Gasteiger partial charge in [0.25, 0.3) is 5.91 Å². The second kappa shape index (κ2) is 15.9. The average Bonchev–Trinajstić information content (AvgIpc) is 3.56. The third-order valence-electron chi connectivity index (χ3n) is 7.41. The Kier molecular flexibility index (Phi) is 11.2.